The van der Waals surface area contributed by atoms with Gasteiger partial charge in [0.15, 0.2) is 0 Å². The Kier molecular flexibility index (Phi) is 5.22. The van der Waals surface area contributed by atoms with Crippen molar-refractivity contribution in [2.45, 2.75) is 46.2 Å². The Bertz CT molecular complexity index is 299. The highest BCUT2D eigenvalue weighted by Gasteiger charge is 2.06. The van der Waals surface area contributed by atoms with Crippen molar-refractivity contribution < 1.29 is 5.11 Å². The number of hydrogen-bond acceptors (Lipinski definition) is 4. The smallest absolute Gasteiger partial charge is 0.0900 e. The van der Waals surface area contributed by atoms with E-state index in [4.69, 9.17) is 5.11 Å². The van der Waals surface area contributed by atoms with Crippen LogP contribution in [0.4, 0.5) is 0 Å². The molecular weight excluding hydrogens is 208 g/mol. The molecule has 0 aromatic carbocycles. The molecule has 1 heterocycles. The van der Waals surface area contributed by atoms with Gasteiger partial charge in [0.2, 0.25) is 0 Å². The third-order valence-corrected chi connectivity index (χ3v) is 3.34. The standard InChI is InChI=1S/C11H20N2OS/c1-8(5-4-6-14)12-7-11-9(2)15-10(3)13-11/h8,12,14H,4-7H2,1-3H3. The Balaban J connectivity index is 2.33. The Morgan fingerprint density at radius 2 is 2.20 bits per heavy atom. The normalized spacial score (nSPS) is 13.1. The van der Waals surface area contributed by atoms with Gasteiger partial charge in [-0.3, -0.25) is 0 Å². The van der Waals surface area contributed by atoms with Crippen molar-refractivity contribution in [3.63, 3.8) is 0 Å². The summed E-state index contributed by atoms with van der Waals surface area (Å²) in [6.07, 6.45) is 1.88. The van der Waals surface area contributed by atoms with Crippen molar-refractivity contribution >= 4 is 11.3 Å². The summed E-state index contributed by atoms with van der Waals surface area (Å²) in [4.78, 5) is 5.77. The van der Waals surface area contributed by atoms with Gasteiger partial charge in [-0.15, -0.1) is 11.3 Å². The first-order valence-electron chi connectivity index (χ1n) is 5.40. The Morgan fingerprint density at radius 1 is 1.47 bits per heavy atom. The van der Waals surface area contributed by atoms with Crippen molar-refractivity contribution in [1.29, 1.82) is 0 Å². The summed E-state index contributed by atoms with van der Waals surface area (Å²) in [6, 6.07) is 0.443. The van der Waals surface area contributed by atoms with E-state index < -0.39 is 0 Å². The highest BCUT2D eigenvalue weighted by Crippen LogP contribution is 2.16. The quantitative estimate of drug-likeness (QED) is 0.783. The molecule has 0 aliphatic heterocycles. The summed E-state index contributed by atoms with van der Waals surface area (Å²) < 4.78 is 0. The topological polar surface area (TPSA) is 45.2 Å². The van der Waals surface area contributed by atoms with E-state index in [2.05, 4.69) is 24.1 Å². The van der Waals surface area contributed by atoms with Crippen molar-refractivity contribution in [2.24, 2.45) is 0 Å². The largest absolute Gasteiger partial charge is 0.396 e. The Labute approximate surface area is 95.6 Å². The van der Waals surface area contributed by atoms with Gasteiger partial charge in [-0.05, 0) is 33.6 Å². The molecule has 1 aromatic heterocycles. The summed E-state index contributed by atoms with van der Waals surface area (Å²) in [5.74, 6) is 0. The van der Waals surface area contributed by atoms with Gasteiger partial charge in [-0.1, -0.05) is 0 Å². The molecule has 15 heavy (non-hydrogen) atoms. The van der Waals surface area contributed by atoms with Crippen LogP contribution in [-0.4, -0.2) is 22.7 Å². The van der Waals surface area contributed by atoms with E-state index in [0.29, 0.717) is 6.04 Å². The lowest BCUT2D eigenvalue weighted by Gasteiger charge is -2.12. The van der Waals surface area contributed by atoms with E-state index in [1.807, 2.05) is 6.92 Å². The molecule has 2 N–H and O–H groups in total. The number of aliphatic hydroxyl groups is 1. The third kappa shape index (κ3) is 4.28. The molecule has 1 aromatic rings. The van der Waals surface area contributed by atoms with Gasteiger partial charge in [0.25, 0.3) is 0 Å². The minimum atomic E-state index is 0.279. The maximum atomic E-state index is 8.71. The number of aryl methyl sites for hydroxylation is 2. The van der Waals surface area contributed by atoms with Crippen molar-refractivity contribution in [2.75, 3.05) is 6.61 Å². The van der Waals surface area contributed by atoms with Crippen LogP contribution in [-0.2, 0) is 6.54 Å². The maximum Gasteiger partial charge on any atom is 0.0900 e. The molecule has 1 atom stereocenters. The first-order chi connectivity index (χ1) is 7.13. The minimum Gasteiger partial charge on any atom is -0.396 e. The molecule has 0 spiro atoms. The average Bonchev–Trinajstić information content (AvgIpc) is 2.51. The zero-order chi connectivity index (χ0) is 11.3. The molecule has 0 radical (unpaired) electrons. The van der Waals surface area contributed by atoms with Gasteiger partial charge in [0.05, 0.1) is 10.7 Å². The van der Waals surface area contributed by atoms with Gasteiger partial charge in [0.1, 0.15) is 0 Å². The summed E-state index contributed by atoms with van der Waals surface area (Å²) in [7, 11) is 0. The van der Waals surface area contributed by atoms with Crippen LogP contribution in [0.25, 0.3) is 0 Å². The van der Waals surface area contributed by atoms with Gasteiger partial charge < -0.3 is 10.4 Å². The lowest BCUT2D eigenvalue weighted by atomic mass is 10.2. The summed E-state index contributed by atoms with van der Waals surface area (Å²) in [5, 5.41) is 13.3. The Hall–Kier alpha value is -0.450. The van der Waals surface area contributed by atoms with Crippen LogP contribution >= 0.6 is 11.3 Å². The van der Waals surface area contributed by atoms with Gasteiger partial charge in [-0.25, -0.2) is 4.98 Å². The lowest BCUT2D eigenvalue weighted by Crippen LogP contribution is -2.26. The molecule has 0 saturated heterocycles. The number of aliphatic hydroxyl groups excluding tert-OH is 1. The number of hydrogen-bond donors (Lipinski definition) is 2. The zero-order valence-electron chi connectivity index (χ0n) is 9.71. The second kappa shape index (κ2) is 6.20. The highest BCUT2D eigenvalue weighted by atomic mass is 32.1. The average molecular weight is 228 g/mol. The SMILES string of the molecule is Cc1nc(CNC(C)CCCO)c(C)s1. The van der Waals surface area contributed by atoms with E-state index in [0.717, 1.165) is 30.1 Å². The van der Waals surface area contributed by atoms with Crippen LogP contribution in [0.1, 0.15) is 35.3 Å². The van der Waals surface area contributed by atoms with Crippen molar-refractivity contribution in [1.82, 2.24) is 10.3 Å². The summed E-state index contributed by atoms with van der Waals surface area (Å²) in [6.45, 7) is 7.41. The van der Waals surface area contributed by atoms with Gasteiger partial charge in [-0.2, -0.15) is 0 Å². The molecule has 1 rings (SSSR count). The van der Waals surface area contributed by atoms with Crippen molar-refractivity contribution in [3.05, 3.63) is 15.6 Å². The van der Waals surface area contributed by atoms with E-state index >= 15 is 0 Å². The van der Waals surface area contributed by atoms with Crippen molar-refractivity contribution in [3.8, 4) is 0 Å². The molecule has 0 saturated carbocycles. The first kappa shape index (κ1) is 12.6. The highest BCUT2D eigenvalue weighted by molar-refractivity contribution is 7.11. The number of thiazole rings is 1. The minimum absolute atomic E-state index is 0.279. The van der Waals surface area contributed by atoms with Crippen LogP contribution in [0.3, 0.4) is 0 Å². The maximum absolute atomic E-state index is 8.71. The van der Waals surface area contributed by atoms with Crippen LogP contribution in [0, 0.1) is 13.8 Å². The fourth-order valence-corrected chi connectivity index (χ4v) is 2.34. The van der Waals surface area contributed by atoms with Crippen LogP contribution in [0.15, 0.2) is 0 Å². The molecule has 3 nitrogen and oxygen atoms in total. The summed E-state index contributed by atoms with van der Waals surface area (Å²) >= 11 is 1.75. The fourth-order valence-electron chi connectivity index (χ4n) is 1.51. The number of rotatable bonds is 6. The summed E-state index contributed by atoms with van der Waals surface area (Å²) in [5.41, 5.74) is 1.16. The van der Waals surface area contributed by atoms with Crippen LogP contribution < -0.4 is 5.32 Å². The fraction of sp³-hybridized carbons (Fsp3) is 0.727. The second-order valence-electron chi connectivity index (χ2n) is 3.88. The van der Waals surface area contributed by atoms with Crippen LogP contribution in [0.5, 0.6) is 0 Å². The van der Waals surface area contributed by atoms with E-state index in [9.17, 15) is 0 Å². The molecule has 0 fully saturated rings. The predicted octanol–water partition coefficient (Wildman–Crippen LogP) is 2.01. The monoisotopic (exact) mass is 228 g/mol. The Morgan fingerprint density at radius 3 is 2.73 bits per heavy atom. The van der Waals surface area contributed by atoms with E-state index in [1.165, 1.54) is 4.88 Å². The molecule has 4 heteroatoms. The second-order valence-corrected chi connectivity index (χ2v) is 5.29. The number of nitrogens with zero attached hydrogens (tertiary/aromatic N) is 1. The van der Waals surface area contributed by atoms with E-state index in [1.54, 1.807) is 11.3 Å². The molecule has 0 bridgehead atoms. The lowest BCUT2D eigenvalue weighted by molar-refractivity contribution is 0.276. The molecule has 0 amide bonds. The molecule has 1 unspecified atom stereocenters. The van der Waals surface area contributed by atoms with Gasteiger partial charge >= 0.3 is 0 Å². The molecule has 0 aliphatic carbocycles. The third-order valence-electron chi connectivity index (χ3n) is 2.41. The molecule has 0 aliphatic rings. The van der Waals surface area contributed by atoms with E-state index in [-0.39, 0.29) is 6.61 Å². The first-order valence-corrected chi connectivity index (χ1v) is 6.22. The van der Waals surface area contributed by atoms with Gasteiger partial charge in [0, 0.05) is 24.1 Å². The van der Waals surface area contributed by atoms with Crippen LogP contribution in [0.2, 0.25) is 0 Å². The molecule has 86 valence electrons. The zero-order valence-corrected chi connectivity index (χ0v) is 10.5. The molecular formula is C11H20N2OS. The number of nitrogens with one attached hydrogen (secondary N) is 1. The predicted molar refractivity (Wildman–Crippen MR) is 64.2 cm³/mol. The number of aromatic nitrogens is 1.